The van der Waals surface area contributed by atoms with Crippen LogP contribution in [-0.2, 0) is 34.8 Å². The third-order valence-corrected chi connectivity index (χ3v) is 7.76. The third-order valence-electron chi connectivity index (χ3n) is 6.62. The topological polar surface area (TPSA) is 132 Å². The number of benzene rings is 1. The van der Waals surface area contributed by atoms with Crippen molar-refractivity contribution >= 4 is 43.9 Å². The van der Waals surface area contributed by atoms with E-state index < -0.39 is 9.84 Å². The Kier molecular flexibility index (Phi) is 5.73. The number of rotatable bonds is 6. The summed E-state index contributed by atoms with van der Waals surface area (Å²) in [6.45, 7) is 5.87. The highest BCUT2D eigenvalue weighted by Gasteiger charge is 2.19. The van der Waals surface area contributed by atoms with Crippen LogP contribution in [0.2, 0.25) is 0 Å². The number of aryl methyl sites for hydroxylation is 3. The van der Waals surface area contributed by atoms with Gasteiger partial charge in [-0.05, 0) is 38.1 Å². The third kappa shape index (κ3) is 4.52. The van der Waals surface area contributed by atoms with Crippen molar-refractivity contribution in [1.29, 1.82) is 0 Å². The standard InChI is InChI=1S/C26H28N8O3S/c1-15-9-21(32-33(15)3)17-5-6-20(23(10-17)38(4,35)36)30-22-12-24(31-26-25(22)27-16(2)28-26)29-18-11-19-14-37-8-7-34(19)13-18/h5-6,9-13H,7-8,14H2,1-4H3,(H3,27,28,29,30,31). The van der Waals surface area contributed by atoms with Gasteiger partial charge >= 0.3 is 0 Å². The molecule has 0 amide bonds. The van der Waals surface area contributed by atoms with Gasteiger partial charge in [-0.15, -0.1) is 0 Å². The van der Waals surface area contributed by atoms with Crippen molar-refractivity contribution < 1.29 is 13.2 Å². The molecule has 38 heavy (non-hydrogen) atoms. The Hall–Kier alpha value is -4.16. The average molecular weight is 533 g/mol. The summed E-state index contributed by atoms with van der Waals surface area (Å²) in [5.41, 5.74) is 6.70. The van der Waals surface area contributed by atoms with Crippen LogP contribution in [0, 0.1) is 13.8 Å². The van der Waals surface area contributed by atoms with Crippen LogP contribution in [-0.4, -0.2) is 50.6 Å². The second kappa shape index (κ2) is 8.99. The summed E-state index contributed by atoms with van der Waals surface area (Å²) in [6.07, 6.45) is 3.24. The predicted octanol–water partition coefficient (Wildman–Crippen LogP) is 4.20. The number of aromatic amines is 1. The minimum Gasteiger partial charge on any atom is -0.373 e. The maximum absolute atomic E-state index is 12.8. The minimum atomic E-state index is -3.56. The molecule has 6 rings (SSSR count). The SMILES string of the molecule is Cc1nc2nc(Nc3cc4n(c3)CCOC4)cc(Nc3ccc(-c4cc(C)n(C)n4)cc3S(C)(=O)=O)c2[nH]1. The number of hydrogen-bond donors (Lipinski definition) is 3. The lowest BCUT2D eigenvalue weighted by atomic mass is 10.1. The summed E-state index contributed by atoms with van der Waals surface area (Å²) in [5, 5.41) is 11.2. The number of nitrogens with one attached hydrogen (secondary N) is 3. The van der Waals surface area contributed by atoms with Gasteiger partial charge in [0.1, 0.15) is 17.2 Å². The summed E-state index contributed by atoms with van der Waals surface area (Å²) in [7, 11) is -1.71. The molecule has 12 heteroatoms. The lowest BCUT2D eigenvalue weighted by Gasteiger charge is -2.14. The highest BCUT2D eigenvalue weighted by atomic mass is 32.2. The molecule has 1 aromatic carbocycles. The van der Waals surface area contributed by atoms with Gasteiger partial charge in [-0.1, -0.05) is 6.07 Å². The van der Waals surface area contributed by atoms with Gasteiger partial charge < -0.3 is 24.9 Å². The summed E-state index contributed by atoms with van der Waals surface area (Å²) in [6, 6.07) is 11.1. The van der Waals surface area contributed by atoms with E-state index in [1.807, 2.05) is 51.4 Å². The monoisotopic (exact) mass is 532 g/mol. The van der Waals surface area contributed by atoms with E-state index in [9.17, 15) is 8.42 Å². The number of fused-ring (bicyclic) bond motifs is 2. The average Bonchev–Trinajstić information content (AvgIpc) is 3.54. The molecule has 1 aliphatic heterocycles. The van der Waals surface area contributed by atoms with Crippen molar-refractivity contribution in [3.8, 4) is 11.3 Å². The molecule has 5 heterocycles. The maximum Gasteiger partial charge on any atom is 0.181 e. The van der Waals surface area contributed by atoms with E-state index in [2.05, 4.69) is 35.3 Å². The molecule has 196 valence electrons. The van der Waals surface area contributed by atoms with E-state index in [1.165, 1.54) is 6.26 Å². The van der Waals surface area contributed by atoms with Gasteiger partial charge in [-0.25, -0.2) is 18.4 Å². The van der Waals surface area contributed by atoms with E-state index in [-0.39, 0.29) is 4.90 Å². The molecule has 0 radical (unpaired) electrons. The molecule has 3 N–H and O–H groups in total. The largest absolute Gasteiger partial charge is 0.373 e. The summed E-state index contributed by atoms with van der Waals surface area (Å²) in [5.74, 6) is 1.28. The summed E-state index contributed by atoms with van der Waals surface area (Å²) in [4.78, 5) is 12.6. The molecule has 11 nitrogen and oxygen atoms in total. The van der Waals surface area contributed by atoms with Crippen molar-refractivity contribution in [2.45, 2.75) is 31.9 Å². The Balaban J connectivity index is 1.40. The zero-order valence-corrected chi connectivity index (χ0v) is 22.3. The van der Waals surface area contributed by atoms with Crippen molar-refractivity contribution in [2.75, 3.05) is 23.5 Å². The fourth-order valence-corrected chi connectivity index (χ4v) is 5.50. The Morgan fingerprint density at radius 3 is 2.63 bits per heavy atom. The molecule has 0 saturated heterocycles. The van der Waals surface area contributed by atoms with Gasteiger partial charge in [-0.2, -0.15) is 5.10 Å². The molecule has 0 bridgehead atoms. The Labute approximate surface area is 219 Å². The number of aromatic nitrogens is 6. The van der Waals surface area contributed by atoms with Crippen LogP contribution < -0.4 is 10.6 Å². The molecule has 0 spiro atoms. The molecule has 5 aromatic rings. The number of hydrogen-bond acceptors (Lipinski definition) is 8. The van der Waals surface area contributed by atoms with Crippen LogP contribution in [0.15, 0.2) is 47.5 Å². The molecule has 1 aliphatic rings. The van der Waals surface area contributed by atoms with E-state index in [0.29, 0.717) is 53.1 Å². The van der Waals surface area contributed by atoms with Crippen molar-refractivity contribution in [3.05, 3.63) is 59.8 Å². The van der Waals surface area contributed by atoms with Gasteiger partial charge in [0.15, 0.2) is 15.5 Å². The number of imidazole rings is 1. The summed E-state index contributed by atoms with van der Waals surface area (Å²) < 4.78 is 35.2. The van der Waals surface area contributed by atoms with Gasteiger partial charge in [0.05, 0.1) is 40.9 Å². The first-order chi connectivity index (χ1) is 18.1. The number of ether oxygens (including phenoxy) is 1. The number of nitrogens with zero attached hydrogens (tertiary/aromatic N) is 5. The van der Waals surface area contributed by atoms with E-state index in [4.69, 9.17) is 4.74 Å². The molecule has 0 saturated carbocycles. The smallest absolute Gasteiger partial charge is 0.181 e. The van der Waals surface area contributed by atoms with Crippen LogP contribution in [0.4, 0.5) is 22.9 Å². The second-order valence-electron chi connectivity index (χ2n) is 9.57. The van der Waals surface area contributed by atoms with E-state index in [1.54, 1.807) is 16.8 Å². The van der Waals surface area contributed by atoms with Gasteiger partial charge in [0.25, 0.3) is 0 Å². The summed E-state index contributed by atoms with van der Waals surface area (Å²) >= 11 is 0. The van der Waals surface area contributed by atoms with Crippen molar-refractivity contribution in [1.82, 2.24) is 29.3 Å². The normalized spacial score (nSPS) is 13.6. The number of sulfone groups is 1. The van der Waals surface area contributed by atoms with E-state index >= 15 is 0 Å². The Morgan fingerprint density at radius 2 is 1.89 bits per heavy atom. The predicted molar refractivity (Wildman–Crippen MR) is 146 cm³/mol. The number of pyridine rings is 1. The van der Waals surface area contributed by atoms with Gasteiger partial charge in [-0.3, -0.25) is 4.68 Å². The quantitative estimate of drug-likeness (QED) is 0.297. The first kappa shape index (κ1) is 24.2. The minimum absolute atomic E-state index is 0.175. The van der Waals surface area contributed by atoms with Gasteiger partial charge in [0, 0.05) is 49.1 Å². The molecule has 0 atom stereocenters. The molecule has 0 aliphatic carbocycles. The van der Waals surface area contributed by atoms with Crippen molar-refractivity contribution in [2.24, 2.45) is 7.05 Å². The first-order valence-corrected chi connectivity index (χ1v) is 14.1. The van der Waals surface area contributed by atoms with Crippen LogP contribution in [0.1, 0.15) is 17.2 Å². The lowest BCUT2D eigenvalue weighted by molar-refractivity contribution is 0.0850. The van der Waals surface area contributed by atoms with E-state index in [0.717, 1.165) is 29.2 Å². The van der Waals surface area contributed by atoms with Crippen LogP contribution in [0.5, 0.6) is 0 Å². The zero-order chi connectivity index (χ0) is 26.6. The number of H-pyrrole nitrogens is 1. The second-order valence-corrected chi connectivity index (χ2v) is 11.6. The van der Waals surface area contributed by atoms with Crippen molar-refractivity contribution in [3.63, 3.8) is 0 Å². The fourth-order valence-electron chi connectivity index (χ4n) is 4.64. The number of anilines is 4. The highest BCUT2D eigenvalue weighted by Crippen LogP contribution is 2.34. The molecule has 0 unspecified atom stereocenters. The molecular weight excluding hydrogens is 504 g/mol. The molecular formula is C26H28N8O3S. The lowest BCUT2D eigenvalue weighted by Crippen LogP contribution is -2.14. The van der Waals surface area contributed by atoms with Crippen LogP contribution >= 0.6 is 0 Å². The van der Waals surface area contributed by atoms with Crippen LogP contribution in [0.25, 0.3) is 22.4 Å². The molecule has 4 aromatic heterocycles. The van der Waals surface area contributed by atoms with Gasteiger partial charge in [0.2, 0.25) is 0 Å². The Morgan fingerprint density at radius 1 is 1.05 bits per heavy atom. The Bertz CT molecular complexity index is 1760. The zero-order valence-electron chi connectivity index (χ0n) is 21.5. The maximum atomic E-state index is 12.8. The molecule has 0 fully saturated rings. The van der Waals surface area contributed by atoms with Crippen LogP contribution in [0.3, 0.4) is 0 Å². The fraction of sp³-hybridized carbons (Fsp3) is 0.269. The first-order valence-electron chi connectivity index (χ1n) is 12.2. The highest BCUT2D eigenvalue weighted by molar-refractivity contribution is 7.90.